The Hall–Kier alpha value is -1.95. The van der Waals surface area contributed by atoms with Crippen LogP contribution in [0.15, 0.2) is 24.3 Å². The monoisotopic (exact) mass is 295 g/mol. The van der Waals surface area contributed by atoms with Crippen LogP contribution in [0, 0.1) is 11.7 Å². The smallest absolute Gasteiger partial charge is 0.325 e. The van der Waals surface area contributed by atoms with Crippen LogP contribution < -0.4 is 0 Å². The van der Waals surface area contributed by atoms with Gasteiger partial charge in [-0.1, -0.05) is 18.2 Å². The summed E-state index contributed by atoms with van der Waals surface area (Å²) in [5.74, 6) is -2.09. The zero-order chi connectivity index (χ0) is 15.4. The summed E-state index contributed by atoms with van der Waals surface area (Å²) >= 11 is 0. The van der Waals surface area contributed by atoms with E-state index in [1.165, 1.54) is 25.3 Å². The van der Waals surface area contributed by atoms with Gasteiger partial charge in [0.2, 0.25) is 0 Å². The number of nitrogens with zero attached hydrogens (tertiary/aromatic N) is 1. The zero-order valence-electron chi connectivity index (χ0n) is 11.8. The van der Waals surface area contributed by atoms with Crippen LogP contribution in [0.1, 0.15) is 24.4 Å². The van der Waals surface area contributed by atoms with Crippen LogP contribution in [0.25, 0.3) is 0 Å². The molecule has 1 heterocycles. The molecular weight excluding hydrogens is 277 g/mol. The van der Waals surface area contributed by atoms with Gasteiger partial charge < -0.3 is 9.84 Å². The first-order chi connectivity index (χ1) is 10.0. The van der Waals surface area contributed by atoms with E-state index in [0.29, 0.717) is 25.9 Å². The highest BCUT2D eigenvalue weighted by molar-refractivity contribution is 5.76. The van der Waals surface area contributed by atoms with Crippen molar-refractivity contribution in [2.24, 2.45) is 5.92 Å². The van der Waals surface area contributed by atoms with Crippen molar-refractivity contribution in [3.05, 3.63) is 35.6 Å². The molecular formula is C15H18FNO4. The van der Waals surface area contributed by atoms with Gasteiger partial charge in [0, 0.05) is 18.7 Å². The zero-order valence-corrected chi connectivity index (χ0v) is 11.8. The van der Waals surface area contributed by atoms with Gasteiger partial charge in [-0.2, -0.15) is 0 Å². The maximum absolute atomic E-state index is 13.9. The normalized spacial score (nSPS) is 18.2. The maximum Gasteiger partial charge on any atom is 0.325 e. The van der Waals surface area contributed by atoms with Gasteiger partial charge in [-0.3, -0.25) is 14.5 Å². The van der Waals surface area contributed by atoms with E-state index < -0.39 is 17.8 Å². The number of methoxy groups -OCH3 is 1. The summed E-state index contributed by atoms with van der Waals surface area (Å²) in [6, 6.07) is 4.87. The minimum Gasteiger partial charge on any atom is -0.480 e. The van der Waals surface area contributed by atoms with Gasteiger partial charge >= 0.3 is 11.9 Å². The van der Waals surface area contributed by atoms with Gasteiger partial charge in [0.25, 0.3) is 0 Å². The topological polar surface area (TPSA) is 66.8 Å². The lowest BCUT2D eigenvalue weighted by atomic mass is 9.94. The Kier molecular flexibility index (Phi) is 4.90. The number of ether oxygens (including phenoxy) is 1. The lowest BCUT2D eigenvalue weighted by Gasteiger charge is -2.34. The SMILES string of the molecule is COC(=O)C1CCN(C(C(=O)O)c2ccccc2F)CC1. The second kappa shape index (κ2) is 6.67. The highest BCUT2D eigenvalue weighted by Crippen LogP contribution is 2.29. The molecule has 1 unspecified atom stereocenters. The number of rotatable bonds is 4. The average molecular weight is 295 g/mol. The summed E-state index contributed by atoms with van der Waals surface area (Å²) in [6.45, 7) is 0.843. The summed E-state index contributed by atoms with van der Waals surface area (Å²) < 4.78 is 18.6. The molecule has 1 aromatic rings. The number of carbonyl (C=O) groups excluding carboxylic acids is 1. The molecule has 0 amide bonds. The van der Waals surface area contributed by atoms with E-state index in [-0.39, 0.29) is 17.5 Å². The van der Waals surface area contributed by atoms with Crippen molar-refractivity contribution in [2.75, 3.05) is 20.2 Å². The molecule has 1 fully saturated rings. The number of aliphatic carboxylic acids is 1. The number of carboxylic acids is 1. The van der Waals surface area contributed by atoms with E-state index in [4.69, 9.17) is 4.74 Å². The van der Waals surface area contributed by atoms with E-state index >= 15 is 0 Å². The first-order valence-corrected chi connectivity index (χ1v) is 6.83. The van der Waals surface area contributed by atoms with Crippen molar-refractivity contribution in [1.82, 2.24) is 4.90 Å². The molecule has 6 heteroatoms. The molecule has 0 spiro atoms. The number of hydrogen-bond donors (Lipinski definition) is 1. The van der Waals surface area contributed by atoms with Crippen molar-refractivity contribution in [1.29, 1.82) is 0 Å². The minimum absolute atomic E-state index is 0.154. The van der Waals surface area contributed by atoms with Crippen molar-refractivity contribution in [3.8, 4) is 0 Å². The van der Waals surface area contributed by atoms with Crippen molar-refractivity contribution >= 4 is 11.9 Å². The molecule has 0 aromatic heterocycles. The second-order valence-electron chi connectivity index (χ2n) is 5.10. The summed E-state index contributed by atoms with van der Waals surface area (Å²) in [5.41, 5.74) is 0.154. The molecule has 1 aliphatic rings. The van der Waals surface area contributed by atoms with Gasteiger partial charge in [0.15, 0.2) is 0 Å². The summed E-state index contributed by atoms with van der Waals surface area (Å²) in [4.78, 5) is 24.7. The number of hydrogen-bond acceptors (Lipinski definition) is 4. The van der Waals surface area contributed by atoms with E-state index in [0.717, 1.165) is 0 Å². The largest absolute Gasteiger partial charge is 0.480 e. The Bertz CT molecular complexity index is 526. The molecule has 1 N–H and O–H groups in total. The Morgan fingerprint density at radius 1 is 1.33 bits per heavy atom. The number of halogens is 1. The van der Waals surface area contributed by atoms with Gasteiger partial charge in [0.1, 0.15) is 11.9 Å². The van der Waals surface area contributed by atoms with Gasteiger partial charge in [0.05, 0.1) is 13.0 Å². The molecule has 2 rings (SSSR count). The van der Waals surface area contributed by atoms with Crippen LogP contribution in [-0.2, 0) is 14.3 Å². The molecule has 1 aromatic carbocycles. The summed E-state index contributed by atoms with van der Waals surface area (Å²) in [7, 11) is 1.34. The molecule has 1 atom stereocenters. The molecule has 0 bridgehead atoms. The molecule has 0 aliphatic carbocycles. The van der Waals surface area contributed by atoms with Crippen molar-refractivity contribution < 1.29 is 23.8 Å². The van der Waals surface area contributed by atoms with Crippen molar-refractivity contribution in [3.63, 3.8) is 0 Å². The van der Waals surface area contributed by atoms with Crippen molar-refractivity contribution in [2.45, 2.75) is 18.9 Å². The molecule has 114 valence electrons. The predicted octanol–water partition coefficient (Wildman–Crippen LogP) is 1.84. The summed E-state index contributed by atoms with van der Waals surface area (Å²) in [6.07, 6.45) is 1.04. The van der Waals surface area contributed by atoms with Crippen LogP contribution in [0.3, 0.4) is 0 Å². The van der Waals surface area contributed by atoms with Gasteiger partial charge in [-0.15, -0.1) is 0 Å². The Labute approximate surface area is 122 Å². The number of carboxylic acid groups (broad SMARTS) is 1. The first-order valence-electron chi connectivity index (χ1n) is 6.83. The molecule has 0 saturated carbocycles. The van der Waals surface area contributed by atoms with Crippen LogP contribution in [0.4, 0.5) is 4.39 Å². The number of esters is 1. The molecule has 0 radical (unpaired) electrons. The molecule has 21 heavy (non-hydrogen) atoms. The number of likely N-dealkylation sites (tertiary alicyclic amines) is 1. The molecule has 5 nitrogen and oxygen atoms in total. The quantitative estimate of drug-likeness (QED) is 0.859. The fraction of sp³-hybridized carbons (Fsp3) is 0.467. The highest BCUT2D eigenvalue weighted by Gasteiger charge is 2.34. The lowest BCUT2D eigenvalue weighted by molar-refractivity contribution is -0.148. The van der Waals surface area contributed by atoms with Gasteiger partial charge in [-0.05, 0) is 18.9 Å². The van der Waals surface area contributed by atoms with Crippen LogP contribution in [0.2, 0.25) is 0 Å². The standard InChI is InChI=1S/C15H18FNO4/c1-21-15(20)10-6-8-17(9-7-10)13(14(18)19)11-4-2-3-5-12(11)16/h2-5,10,13H,6-9H2,1H3,(H,18,19). The van der Waals surface area contributed by atoms with E-state index in [1.54, 1.807) is 11.0 Å². The number of piperidine rings is 1. The van der Waals surface area contributed by atoms with Crippen LogP contribution >= 0.6 is 0 Å². The molecule has 1 saturated heterocycles. The highest BCUT2D eigenvalue weighted by atomic mass is 19.1. The average Bonchev–Trinajstić information content (AvgIpc) is 2.49. The maximum atomic E-state index is 13.9. The fourth-order valence-electron chi connectivity index (χ4n) is 2.74. The van der Waals surface area contributed by atoms with Crippen LogP contribution in [0.5, 0.6) is 0 Å². The van der Waals surface area contributed by atoms with Gasteiger partial charge in [-0.25, -0.2) is 4.39 Å². The second-order valence-corrected chi connectivity index (χ2v) is 5.10. The third kappa shape index (κ3) is 3.39. The molecule has 1 aliphatic heterocycles. The lowest BCUT2D eigenvalue weighted by Crippen LogP contribution is -2.42. The third-order valence-electron chi connectivity index (χ3n) is 3.86. The Morgan fingerprint density at radius 2 is 1.95 bits per heavy atom. The fourth-order valence-corrected chi connectivity index (χ4v) is 2.74. The van der Waals surface area contributed by atoms with E-state index in [9.17, 15) is 19.1 Å². The third-order valence-corrected chi connectivity index (χ3v) is 3.86. The Morgan fingerprint density at radius 3 is 2.48 bits per heavy atom. The van der Waals surface area contributed by atoms with E-state index in [2.05, 4.69) is 0 Å². The number of benzene rings is 1. The number of carbonyl (C=O) groups is 2. The minimum atomic E-state index is -1.09. The summed E-state index contributed by atoms with van der Waals surface area (Å²) in [5, 5.41) is 9.42. The first kappa shape index (κ1) is 15.4. The van der Waals surface area contributed by atoms with Crippen LogP contribution in [-0.4, -0.2) is 42.1 Å². The van der Waals surface area contributed by atoms with E-state index in [1.807, 2.05) is 0 Å². The Balaban J connectivity index is 2.13. The predicted molar refractivity (Wildman–Crippen MR) is 73.1 cm³/mol.